The average Bonchev–Trinajstić information content (AvgIpc) is 2.70. The van der Waals surface area contributed by atoms with Gasteiger partial charge in [-0.2, -0.15) is 0 Å². The molecule has 0 heterocycles. The van der Waals surface area contributed by atoms with Gasteiger partial charge in [0.1, 0.15) is 11.6 Å². The van der Waals surface area contributed by atoms with Crippen LogP contribution in [0.2, 0.25) is 0 Å². The zero-order valence-corrected chi connectivity index (χ0v) is 16.6. The topological polar surface area (TPSA) is 41.9 Å². The van der Waals surface area contributed by atoms with Crippen molar-refractivity contribution in [3.05, 3.63) is 89.5 Å². The standard InChI is InChI=1S/C24H24N2O2/c1-17-5-9-20(10-6-17)24(25-21-11-15-23(28-4)16-12-21)26(19(3)27)22-13-7-18(2)8-14-22/h5-16H,1-4H3. The quantitative estimate of drug-likeness (QED) is 0.452. The Hall–Kier alpha value is -3.40. The number of methoxy groups -OCH3 is 1. The largest absolute Gasteiger partial charge is 0.497 e. The zero-order valence-electron chi connectivity index (χ0n) is 16.6. The molecule has 0 saturated carbocycles. The minimum atomic E-state index is -0.100. The molecule has 28 heavy (non-hydrogen) atoms. The van der Waals surface area contributed by atoms with Gasteiger partial charge in [0, 0.05) is 12.5 Å². The molecule has 0 fully saturated rings. The molecule has 3 rings (SSSR count). The lowest BCUT2D eigenvalue weighted by molar-refractivity contribution is -0.115. The summed E-state index contributed by atoms with van der Waals surface area (Å²) < 4.78 is 5.23. The number of amidine groups is 1. The number of carbonyl (C=O) groups is 1. The first-order valence-electron chi connectivity index (χ1n) is 9.15. The van der Waals surface area contributed by atoms with E-state index in [2.05, 4.69) is 0 Å². The first-order chi connectivity index (χ1) is 13.5. The third kappa shape index (κ3) is 4.46. The van der Waals surface area contributed by atoms with Gasteiger partial charge >= 0.3 is 0 Å². The van der Waals surface area contributed by atoms with E-state index in [1.54, 1.807) is 18.9 Å². The van der Waals surface area contributed by atoms with E-state index in [1.165, 1.54) is 0 Å². The summed E-state index contributed by atoms with van der Waals surface area (Å²) in [6.45, 7) is 5.61. The van der Waals surface area contributed by atoms with Crippen LogP contribution in [0.5, 0.6) is 5.75 Å². The van der Waals surface area contributed by atoms with Crippen LogP contribution in [0.25, 0.3) is 0 Å². The molecule has 1 amide bonds. The molecule has 3 aromatic carbocycles. The number of anilines is 1. The van der Waals surface area contributed by atoms with E-state index >= 15 is 0 Å². The van der Waals surface area contributed by atoms with Crippen molar-refractivity contribution in [1.82, 2.24) is 0 Å². The highest BCUT2D eigenvalue weighted by atomic mass is 16.5. The number of hydrogen-bond acceptors (Lipinski definition) is 3. The molecule has 0 bridgehead atoms. The molecule has 0 aliphatic rings. The van der Waals surface area contributed by atoms with Crippen molar-refractivity contribution < 1.29 is 9.53 Å². The molecule has 0 atom stereocenters. The van der Waals surface area contributed by atoms with Crippen molar-refractivity contribution in [2.45, 2.75) is 20.8 Å². The number of benzene rings is 3. The van der Waals surface area contributed by atoms with Crippen molar-refractivity contribution in [2.75, 3.05) is 12.0 Å². The van der Waals surface area contributed by atoms with Crippen LogP contribution in [0.1, 0.15) is 23.6 Å². The van der Waals surface area contributed by atoms with Crippen molar-refractivity contribution >= 4 is 23.1 Å². The molecule has 3 aromatic rings. The summed E-state index contributed by atoms with van der Waals surface area (Å²) in [6, 6.07) is 23.3. The van der Waals surface area contributed by atoms with Gasteiger partial charge in [0.2, 0.25) is 5.91 Å². The monoisotopic (exact) mass is 372 g/mol. The van der Waals surface area contributed by atoms with E-state index in [9.17, 15) is 4.79 Å². The minimum absolute atomic E-state index is 0.100. The fraction of sp³-hybridized carbons (Fsp3) is 0.167. The van der Waals surface area contributed by atoms with Crippen LogP contribution in [0.4, 0.5) is 11.4 Å². The fourth-order valence-electron chi connectivity index (χ4n) is 2.87. The fourth-order valence-corrected chi connectivity index (χ4v) is 2.87. The van der Waals surface area contributed by atoms with Crippen LogP contribution in [0.3, 0.4) is 0 Å². The average molecular weight is 372 g/mol. The summed E-state index contributed by atoms with van der Waals surface area (Å²) in [5.74, 6) is 1.25. The van der Waals surface area contributed by atoms with E-state index in [4.69, 9.17) is 9.73 Å². The minimum Gasteiger partial charge on any atom is -0.497 e. The van der Waals surface area contributed by atoms with Gasteiger partial charge in [0.05, 0.1) is 18.5 Å². The van der Waals surface area contributed by atoms with Gasteiger partial charge in [0.25, 0.3) is 0 Å². The molecular weight excluding hydrogens is 348 g/mol. The maximum atomic E-state index is 12.6. The lowest BCUT2D eigenvalue weighted by Crippen LogP contribution is -2.35. The number of aryl methyl sites for hydroxylation is 2. The second-order valence-electron chi connectivity index (χ2n) is 6.69. The summed E-state index contributed by atoms with van der Waals surface area (Å²) in [5, 5.41) is 0. The smallest absolute Gasteiger partial charge is 0.229 e. The van der Waals surface area contributed by atoms with Crippen LogP contribution in [0, 0.1) is 13.8 Å². The number of nitrogens with zero attached hydrogens (tertiary/aromatic N) is 2. The van der Waals surface area contributed by atoms with Gasteiger partial charge in [-0.3, -0.25) is 9.69 Å². The summed E-state index contributed by atoms with van der Waals surface area (Å²) in [7, 11) is 1.63. The number of amides is 1. The van der Waals surface area contributed by atoms with Gasteiger partial charge in [0.15, 0.2) is 0 Å². The second kappa shape index (κ2) is 8.53. The lowest BCUT2D eigenvalue weighted by Gasteiger charge is -2.24. The Kier molecular flexibility index (Phi) is 5.90. The molecule has 0 aliphatic carbocycles. The lowest BCUT2D eigenvalue weighted by atomic mass is 10.1. The van der Waals surface area contributed by atoms with E-state index in [1.807, 2.05) is 86.6 Å². The van der Waals surface area contributed by atoms with Gasteiger partial charge in [-0.25, -0.2) is 4.99 Å². The van der Waals surface area contributed by atoms with Gasteiger partial charge in [-0.15, -0.1) is 0 Å². The molecule has 0 aromatic heterocycles. The van der Waals surface area contributed by atoms with E-state index in [-0.39, 0.29) is 5.91 Å². The molecular formula is C24H24N2O2. The highest BCUT2D eigenvalue weighted by Gasteiger charge is 2.20. The van der Waals surface area contributed by atoms with Crippen LogP contribution < -0.4 is 9.64 Å². The Morgan fingerprint density at radius 2 is 1.36 bits per heavy atom. The second-order valence-corrected chi connectivity index (χ2v) is 6.69. The first kappa shape index (κ1) is 19.4. The third-order valence-corrected chi connectivity index (χ3v) is 4.44. The number of carbonyl (C=O) groups excluding carboxylic acids is 1. The summed E-state index contributed by atoms with van der Waals surface area (Å²) >= 11 is 0. The predicted octanol–water partition coefficient (Wildman–Crippen LogP) is 5.44. The van der Waals surface area contributed by atoms with Crippen LogP contribution in [0.15, 0.2) is 77.8 Å². The summed E-state index contributed by atoms with van der Waals surface area (Å²) in [4.78, 5) is 19.1. The molecule has 0 N–H and O–H groups in total. The Morgan fingerprint density at radius 1 is 0.821 bits per heavy atom. The third-order valence-electron chi connectivity index (χ3n) is 4.44. The number of hydrogen-bond donors (Lipinski definition) is 0. The maximum absolute atomic E-state index is 12.6. The molecule has 0 radical (unpaired) electrons. The molecule has 0 unspecified atom stereocenters. The normalized spacial score (nSPS) is 11.2. The summed E-state index contributed by atoms with van der Waals surface area (Å²) in [6.07, 6.45) is 0. The van der Waals surface area contributed by atoms with E-state index < -0.39 is 0 Å². The Balaban J connectivity index is 2.14. The van der Waals surface area contributed by atoms with Crippen LogP contribution >= 0.6 is 0 Å². The molecule has 0 saturated heterocycles. The van der Waals surface area contributed by atoms with Crippen LogP contribution in [-0.2, 0) is 4.79 Å². The van der Waals surface area contributed by atoms with Crippen molar-refractivity contribution in [2.24, 2.45) is 4.99 Å². The number of aliphatic imine (C=N–C) groups is 1. The van der Waals surface area contributed by atoms with Gasteiger partial charge < -0.3 is 4.74 Å². The number of ether oxygens (including phenoxy) is 1. The predicted molar refractivity (Wildman–Crippen MR) is 115 cm³/mol. The summed E-state index contributed by atoms with van der Waals surface area (Å²) in [5.41, 5.74) is 4.69. The first-order valence-corrected chi connectivity index (χ1v) is 9.15. The van der Waals surface area contributed by atoms with E-state index in [0.717, 1.165) is 33.8 Å². The molecule has 4 nitrogen and oxygen atoms in total. The number of rotatable bonds is 4. The Bertz CT molecular complexity index is 973. The molecule has 0 spiro atoms. The van der Waals surface area contributed by atoms with Gasteiger partial charge in [-0.1, -0.05) is 47.5 Å². The van der Waals surface area contributed by atoms with E-state index in [0.29, 0.717) is 5.84 Å². The maximum Gasteiger partial charge on any atom is 0.229 e. The Labute approximate surface area is 166 Å². The molecule has 4 heteroatoms. The van der Waals surface area contributed by atoms with Crippen molar-refractivity contribution in [3.63, 3.8) is 0 Å². The van der Waals surface area contributed by atoms with Crippen LogP contribution in [-0.4, -0.2) is 18.9 Å². The molecule has 142 valence electrons. The Morgan fingerprint density at radius 3 is 1.86 bits per heavy atom. The van der Waals surface area contributed by atoms with Crippen molar-refractivity contribution in [1.29, 1.82) is 0 Å². The highest BCUT2D eigenvalue weighted by Crippen LogP contribution is 2.24. The van der Waals surface area contributed by atoms with Gasteiger partial charge in [-0.05, 0) is 50.2 Å². The van der Waals surface area contributed by atoms with Crippen molar-refractivity contribution in [3.8, 4) is 5.75 Å². The SMILES string of the molecule is COc1ccc(N=C(c2ccc(C)cc2)N(C(C)=O)c2ccc(C)cc2)cc1. The zero-order chi connectivity index (χ0) is 20.1. The molecule has 0 aliphatic heterocycles. The highest BCUT2D eigenvalue weighted by molar-refractivity contribution is 6.23.